The Kier molecular flexibility index (Phi) is 8.00. The smallest absolute Gasteiger partial charge is 0.150 e. The lowest BCUT2D eigenvalue weighted by Gasteiger charge is -2.15. The van der Waals surface area contributed by atoms with Crippen molar-refractivity contribution in [3.8, 4) is 0 Å². The molecule has 0 aromatic rings. The fraction of sp³-hybridized carbons (Fsp3) is 1.00. The Morgan fingerprint density at radius 3 is 2.47 bits per heavy atom. The predicted molar refractivity (Wildman–Crippen MR) is 62.9 cm³/mol. The van der Waals surface area contributed by atoms with Gasteiger partial charge < -0.3 is 10.1 Å². The Hall–Kier alpha value is -0.130. The minimum Gasteiger partial charge on any atom is -0.385 e. The molecule has 0 saturated heterocycles. The highest BCUT2D eigenvalue weighted by molar-refractivity contribution is 7.91. The highest BCUT2D eigenvalue weighted by Crippen LogP contribution is 2.04. The third kappa shape index (κ3) is 7.76. The summed E-state index contributed by atoms with van der Waals surface area (Å²) in [6.45, 7) is 2.40. The molecular weight excluding hydrogens is 214 g/mol. The Balaban J connectivity index is 3.72. The molecule has 4 nitrogen and oxygen atoms in total. The summed E-state index contributed by atoms with van der Waals surface area (Å²) in [4.78, 5) is 0. The second kappa shape index (κ2) is 8.07. The van der Waals surface area contributed by atoms with Crippen molar-refractivity contribution < 1.29 is 13.2 Å². The maximum Gasteiger partial charge on any atom is 0.150 e. The molecule has 1 atom stereocenters. The van der Waals surface area contributed by atoms with Crippen LogP contribution in [0.15, 0.2) is 0 Å². The van der Waals surface area contributed by atoms with Crippen LogP contribution in [0, 0.1) is 0 Å². The van der Waals surface area contributed by atoms with E-state index in [1.165, 1.54) is 0 Å². The number of nitrogens with one attached hydrogen (secondary N) is 1. The molecule has 0 aliphatic carbocycles. The molecule has 0 radical (unpaired) electrons. The summed E-state index contributed by atoms with van der Waals surface area (Å²) in [5.41, 5.74) is 0. The SMILES string of the molecule is CCS(=O)(=O)CCCC(CCOC)NC. The van der Waals surface area contributed by atoms with Crippen LogP contribution in [0.5, 0.6) is 0 Å². The van der Waals surface area contributed by atoms with Gasteiger partial charge in [0.15, 0.2) is 0 Å². The van der Waals surface area contributed by atoms with Crippen molar-refractivity contribution >= 4 is 9.84 Å². The normalized spacial score (nSPS) is 14.1. The van der Waals surface area contributed by atoms with Crippen LogP contribution in [0.1, 0.15) is 26.2 Å². The number of hydrogen-bond acceptors (Lipinski definition) is 4. The molecule has 0 rings (SSSR count). The van der Waals surface area contributed by atoms with Crippen molar-refractivity contribution in [3.05, 3.63) is 0 Å². The van der Waals surface area contributed by atoms with Gasteiger partial charge >= 0.3 is 0 Å². The summed E-state index contributed by atoms with van der Waals surface area (Å²) in [7, 11) is 0.769. The van der Waals surface area contributed by atoms with Crippen molar-refractivity contribution in [1.82, 2.24) is 5.32 Å². The fourth-order valence-electron chi connectivity index (χ4n) is 1.39. The molecule has 15 heavy (non-hydrogen) atoms. The van der Waals surface area contributed by atoms with Gasteiger partial charge in [-0.05, 0) is 26.3 Å². The molecule has 92 valence electrons. The first-order chi connectivity index (χ1) is 7.05. The molecule has 0 spiro atoms. The molecule has 0 saturated carbocycles. The third-order valence-corrected chi connectivity index (χ3v) is 4.32. The van der Waals surface area contributed by atoms with Gasteiger partial charge in [-0.3, -0.25) is 0 Å². The maximum atomic E-state index is 11.2. The van der Waals surface area contributed by atoms with E-state index in [-0.39, 0.29) is 5.75 Å². The van der Waals surface area contributed by atoms with Gasteiger partial charge in [-0.1, -0.05) is 6.92 Å². The van der Waals surface area contributed by atoms with E-state index in [1.807, 2.05) is 7.05 Å². The Labute approximate surface area is 93.3 Å². The Bertz CT molecular complexity index is 239. The molecule has 5 heteroatoms. The Morgan fingerprint density at radius 2 is 2.00 bits per heavy atom. The summed E-state index contributed by atoms with van der Waals surface area (Å²) in [5.74, 6) is 0.546. The van der Waals surface area contributed by atoms with Gasteiger partial charge in [0.25, 0.3) is 0 Å². The molecule has 1 unspecified atom stereocenters. The van der Waals surface area contributed by atoms with Gasteiger partial charge in [-0.25, -0.2) is 8.42 Å². The minimum atomic E-state index is -2.80. The summed E-state index contributed by atoms with van der Waals surface area (Å²) >= 11 is 0. The number of sulfone groups is 1. The zero-order valence-corrected chi connectivity index (χ0v) is 10.8. The summed E-state index contributed by atoms with van der Waals surface area (Å²) in [6, 6.07) is 0.358. The molecule has 0 aromatic heterocycles. The van der Waals surface area contributed by atoms with Crippen molar-refractivity contribution in [2.75, 3.05) is 32.3 Å². The monoisotopic (exact) mass is 237 g/mol. The van der Waals surface area contributed by atoms with Crippen LogP contribution < -0.4 is 5.32 Å². The van der Waals surface area contributed by atoms with Crippen molar-refractivity contribution in [2.24, 2.45) is 0 Å². The highest BCUT2D eigenvalue weighted by atomic mass is 32.2. The molecule has 0 aromatic carbocycles. The lowest BCUT2D eigenvalue weighted by molar-refractivity contribution is 0.182. The maximum absolute atomic E-state index is 11.2. The molecule has 0 heterocycles. The lowest BCUT2D eigenvalue weighted by atomic mass is 10.1. The van der Waals surface area contributed by atoms with Gasteiger partial charge in [-0.2, -0.15) is 0 Å². The van der Waals surface area contributed by atoms with Crippen LogP contribution in [-0.2, 0) is 14.6 Å². The van der Waals surface area contributed by atoms with Crippen LogP contribution in [-0.4, -0.2) is 46.7 Å². The standard InChI is InChI=1S/C10H23NO3S/c1-4-15(12,13)9-5-6-10(11-2)7-8-14-3/h10-11H,4-9H2,1-3H3. The molecule has 0 amide bonds. The van der Waals surface area contributed by atoms with Gasteiger partial charge in [0.1, 0.15) is 9.84 Å². The fourth-order valence-corrected chi connectivity index (χ4v) is 2.28. The number of hydrogen-bond donors (Lipinski definition) is 1. The second-order valence-corrected chi connectivity index (χ2v) is 6.12. The molecule has 0 bridgehead atoms. The highest BCUT2D eigenvalue weighted by Gasteiger charge is 2.10. The average molecular weight is 237 g/mol. The van der Waals surface area contributed by atoms with Crippen LogP contribution in [0.3, 0.4) is 0 Å². The van der Waals surface area contributed by atoms with E-state index >= 15 is 0 Å². The van der Waals surface area contributed by atoms with Gasteiger partial charge in [0.05, 0.1) is 5.75 Å². The van der Waals surface area contributed by atoms with Crippen LogP contribution in [0.25, 0.3) is 0 Å². The van der Waals surface area contributed by atoms with Crippen LogP contribution >= 0.6 is 0 Å². The first kappa shape index (κ1) is 14.9. The van der Waals surface area contributed by atoms with Crippen molar-refractivity contribution in [3.63, 3.8) is 0 Å². The third-order valence-electron chi connectivity index (χ3n) is 2.53. The Morgan fingerprint density at radius 1 is 1.33 bits per heavy atom. The topological polar surface area (TPSA) is 55.4 Å². The van der Waals surface area contributed by atoms with Gasteiger partial charge in [0, 0.05) is 25.5 Å². The largest absolute Gasteiger partial charge is 0.385 e. The van der Waals surface area contributed by atoms with Crippen molar-refractivity contribution in [1.29, 1.82) is 0 Å². The number of methoxy groups -OCH3 is 1. The summed E-state index contributed by atoms with van der Waals surface area (Å²) < 4.78 is 27.5. The number of rotatable bonds is 9. The average Bonchev–Trinajstić information content (AvgIpc) is 2.23. The van der Waals surface area contributed by atoms with E-state index < -0.39 is 9.84 Å². The van der Waals surface area contributed by atoms with Crippen LogP contribution in [0.4, 0.5) is 0 Å². The van der Waals surface area contributed by atoms with E-state index in [2.05, 4.69) is 5.32 Å². The quantitative estimate of drug-likeness (QED) is 0.645. The van der Waals surface area contributed by atoms with Gasteiger partial charge in [-0.15, -0.1) is 0 Å². The van der Waals surface area contributed by atoms with Crippen molar-refractivity contribution in [2.45, 2.75) is 32.2 Å². The van der Waals surface area contributed by atoms with E-state index in [0.717, 1.165) is 19.3 Å². The van der Waals surface area contributed by atoms with E-state index in [4.69, 9.17) is 4.74 Å². The summed E-state index contributed by atoms with van der Waals surface area (Å²) in [6.07, 6.45) is 2.55. The van der Waals surface area contributed by atoms with Gasteiger partial charge in [0.2, 0.25) is 0 Å². The first-order valence-corrected chi connectivity index (χ1v) is 7.24. The zero-order chi connectivity index (χ0) is 11.7. The van der Waals surface area contributed by atoms with E-state index in [9.17, 15) is 8.42 Å². The first-order valence-electron chi connectivity index (χ1n) is 5.42. The minimum absolute atomic E-state index is 0.245. The zero-order valence-electron chi connectivity index (χ0n) is 9.95. The van der Waals surface area contributed by atoms with E-state index in [1.54, 1.807) is 14.0 Å². The molecular formula is C10H23NO3S. The number of ether oxygens (including phenoxy) is 1. The lowest BCUT2D eigenvalue weighted by Crippen LogP contribution is -2.27. The molecule has 0 aliphatic rings. The molecule has 1 N–H and O–H groups in total. The van der Waals surface area contributed by atoms with Crippen LogP contribution in [0.2, 0.25) is 0 Å². The summed E-state index contributed by atoms with van der Waals surface area (Å²) in [5, 5.41) is 3.17. The molecule has 0 aliphatic heterocycles. The van der Waals surface area contributed by atoms with E-state index in [0.29, 0.717) is 18.4 Å². The predicted octanol–water partition coefficient (Wildman–Crippen LogP) is 0.826. The molecule has 0 fully saturated rings. The second-order valence-electron chi connectivity index (χ2n) is 3.65.